The van der Waals surface area contributed by atoms with Crippen molar-refractivity contribution in [2.45, 2.75) is 31.7 Å². The number of carbonyl (C=O) groups excluding carboxylic acids is 1. The average Bonchev–Trinajstić information content (AvgIpc) is 2.43. The molecule has 0 aromatic heterocycles. The Kier molecular flexibility index (Phi) is 5.31. The molecule has 0 saturated heterocycles. The minimum atomic E-state index is -0.879. The molecule has 2 rings (SSSR count). The number of anilines is 1. The van der Waals surface area contributed by atoms with E-state index < -0.39 is 17.9 Å². The van der Waals surface area contributed by atoms with Gasteiger partial charge in [0.05, 0.1) is 21.7 Å². The van der Waals surface area contributed by atoms with Crippen LogP contribution in [0.1, 0.15) is 25.7 Å². The third-order valence-electron chi connectivity index (χ3n) is 3.60. The van der Waals surface area contributed by atoms with Gasteiger partial charge in [-0.2, -0.15) is 0 Å². The Balaban J connectivity index is 2.02. The summed E-state index contributed by atoms with van der Waals surface area (Å²) in [5, 5.41) is 15.1. The molecule has 2 atom stereocenters. The minimum absolute atomic E-state index is 0.320. The van der Waals surface area contributed by atoms with Gasteiger partial charge in [-0.25, -0.2) is 4.79 Å². The van der Waals surface area contributed by atoms with Crippen LogP contribution in [0.5, 0.6) is 0 Å². The normalized spacial score (nSPS) is 21.6. The van der Waals surface area contributed by atoms with E-state index in [4.69, 9.17) is 23.2 Å². The molecular formula is C14H16Cl2N2O3. The quantitative estimate of drug-likeness (QED) is 0.789. The highest BCUT2D eigenvalue weighted by Crippen LogP contribution is 2.30. The first-order chi connectivity index (χ1) is 9.99. The van der Waals surface area contributed by atoms with Crippen molar-refractivity contribution in [3.8, 4) is 0 Å². The van der Waals surface area contributed by atoms with Crippen LogP contribution in [-0.4, -0.2) is 23.1 Å². The summed E-state index contributed by atoms with van der Waals surface area (Å²) in [7, 11) is 0. The summed E-state index contributed by atoms with van der Waals surface area (Å²) in [6, 6.07) is 4.03. The van der Waals surface area contributed by atoms with Crippen LogP contribution < -0.4 is 10.6 Å². The van der Waals surface area contributed by atoms with Gasteiger partial charge < -0.3 is 15.7 Å². The molecule has 1 aromatic carbocycles. The maximum Gasteiger partial charge on any atom is 0.319 e. The second-order valence-corrected chi connectivity index (χ2v) is 5.85. The fourth-order valence-electron chi connectivity index (χ4n) is 2.53. The van der Waals surface area contributed by atoms with E-state index in [2.05, 4.69) is 10.6 Å². The van der Waals surface area contributed by atoms with E-state index in [0.717, 1.165) is 12.8 Å². The van der Waals surface area contributed by atoms with Crippen molar-refractivity contribution in [1.29, 1.82) is 0 Å². The summed E-state index contributed by atoms with van der Waals surface area (Å²) in [5.41, 5.74) is 0.320. The van der Waals surface area contributed by atoms with E-state index >= 15 is 0 Å². The number of benzene rings is 1. The number of carboxylic acids is 1. The lowest BCUT2D eigenvalue weighted by Crippen LogP contribution is -2.46. The van der Waals surface area contributed by atoms with E-state index in [1.165, 1.54) is 0 Å². The van der Waals surface area contributed by atoms with Crippen molar-refractivity contribution in [1.82, 2.24) is 5.32 Å². The zero-order valence-electron chi connectivity index (χ0n) is 11.2. The number of aliphatic carboxylic acids is 1. The molecule has 0 aliphatic heterocycles. The van der Waals surface area contributed by atoms with Gasteiger partial charge in [0.1, 0.15) is 0 Å². The number of hydrogen-bond acceptors (Lipinski definition) is 2. The van der Waals surface area contributed by atoms with E-state index in [-0.39, 0.29) is 6.04 Å². The highest BCUT2D eigenvalue weighted by atomic mass is 35.5. The van der Waals surface area contributed by atoms with Crippen LogP contribution >= 0.6 is 23.2 Å². The van der Waals surface area contributed by atoms with Crippen LogP contribution in [0.15, 0.2) is 18.2 Å². The number of carbonyl (C=O) groups is 2. The molecule has 7 heteroatoms. The van der Waals surface area contributed by atoms with Crippen molar-refractivity contribution in [3.63, 3.8) is 0 Å². The van der Waals surface area contributed by atoms with Crippen molar-refractivity contribution >= 4 is 40.9 Å². The zero-order valence-corrected chi connectivity index (χ0v) is 12.7. The van der Waals surface area contributed by atoms with Crippen LogP contribution in [0, 0.1) is 5.92 Å². The summed E-state index contributed by atoms with van der Waals surface area (Å²) >= 11 is 11.9. The van der Waals surface area contributed by atoms with Gasteiger partial charge in [-0.05, 0) is 25.0 Å². The molecule has 1 saturated carbocycles. The molecule has 114 valence electrons. The second-order valence-electron chi connectivity index (χ2n) is 5.03. The van der Waals surface area contributed by atoms with Crippen molar-refractivity contribution in [3.05, 3.63) is 28.2 Å². The molecule has 2 amide bonds. The molecule has 21 heavy (non-hydrogen) atoms. The number of halogens is 2. The SMILES string of the molecule is O=C(Nc1c(Cl)cccc1Cl)NC1CCCCC1C(=O)O. The largest absolute Gasteiger partial charge is 0.481 e. The zero-order chi connectivity index (χ0) is 15.4. The Bertz CT molecular complexity index is 531. The fraction of sp³-hybridized carbons (Fsp3) is 0.429. The lowest BCUT2D eigenvalue weighted by atomic mass is 9.84. The van der Waals surface area contributed by atoms with Crippen molar-refractivity contribution in [2.75, 3.05) is 5.32 Å². The predicted molar refractivity (Wildman–Crippen MR) is 82.0 cm³/mol. The van der Waals surface area contributed by atoms with Gasteiger partial charge in [-0.1, -0.05) is 42.1 Å². The van der Waals surface area contributed by atoms with E-state index in [9.17, 15) is 14.7 Å². The number of hydrogen-bond donors (Lipinski definition) is 3. The number of urea groups is 1. The first-order valence-corrected chi connectivity index (χ1v) is 7.49. The Labute approximate surface area is 132 Å². The lowest BCUT2D eigenvalue weighted by Gasteiger charge is -2.29. The summed E-state index contributed by atoms with van der Waals surface area (Å²) in [4.78, 5) is 23.2. The van der Waals surface area contributed by atoms with Crippen LogP contribution in [0.2, 0.25) is 10.0 Å². The third-order valence-corrected chi connectivity index (χ3v) is 4.23. The average molecular weight is 331 g/mol. The van der Waals surface area contributed by atoms with E-state index in [1.54, 1.807) is 18.2 Å². The van der Waals surface area contributed by atoms with E-state index in [0.29, 0.717) is 28.6 Å². The highest BCUT2D eigenvalue weighted by Gasteiger charge is 2.31. The van der Waals surface area contributed by atoms with Crippen molar-refractivity contribution in [2.24, 2.45) is 5.92 Å². The Morgan fingerprint density at radius 2 is 1.76 bits per heavy atom. The van der Waals surface area contributed by atoms with Gasteiger partial charge in [0, 0.05) is 6.04 Å². The monoisotopic (exact) mass is 330 g/mol. The minimum Gasteiger partial charge on any atom is -0.481 e. The topological polar surface area (TPSA) is 78.4 Å². The molecule has 5 nitrogen and oxygen atoms in total. The molecule has 3 N–H and O–H groups in total. The first kappa shape index (κ1) is 15.9. The summed E-state index contributed by atoms with van der Waals surface area (Å²) in [6.45, 7) is 0. The molecule has 2 unspecified atom stereocenters. The molecule has 1 fully saturated rings. The summed E-state index contributed by atoms with van der Waals surface area (Å²) in [6.07, 6.45) is 3.00. The molecule has 1 aliphatic rings. The van der Waals surface area contributed by atoms with Crippen LogP contribution in [0.25, 0.3) is 0 Å². The van der Waals surface area contributed by atoms with E-state index in [1.807, 2.05) is 0 Å². The Morgan fingerprint density at radius 1 is 1.14 bits per heavy atom. The summed E-state index contributed by atoms with van der Waals surface area (Å²) < 4.78 is 0. The van der Waals surface area contributed by atoms with Gasteiger partial charge in [-0.15, -0.1) is 0 Å². The second kappa shape index (κ2) is 7.00. The Hall–Kier alpha value is -1.46. The molecule has 0 heterocycles. The molecule has 1 aromatic rings. The maximum atomic E-state index is 12.0. The van der Waals surface area contributed by atoms with Crippen molar-refractivity contribution < 1.29 is 14.7 Å². The van der Waals surface area contributed by atoms with Gasteiger partial charge in [-0.3, -0.25) is 4.79 Å². The molecule has 0 bridgehead atoms. The third kappa shape index (κ3) is 4.02. The lowest BCUT2D eigenvalue weighted by molar-refractivity contribution is -0.143. The standard InChI is InChI=1S/C14H16Cl2N2O3/c15-9-5-3-6-10(16)12(9)18-14(21)17-11-7-2-1-4-8(11)13(19)20/h3,5-6,8,11H,1-2,4,7H2,(H,19,20)(H2,17,18,21). The summed E-state index contributed by atoms with van der Waals surface area (Å²) in [5.74, 6) is -1.43. The van der Waals surface area contributed by atoms with Gasteiger partial charge in [0.15, 0.2) is 0 Å². The van der Waals surface area contributed by atoms with Crippen LogP contribution in [0.4, 0.5) is 10.5 Å². The van der Waals surface area contributed by atoms with Crippen LogP contribution in [-0.2, 0) is 4.79 Å². The fourth-order valence-corrected chi connectivity index (χ4v) is 3.03. The first-order valence-electron chi connectivity index (χ1n) is 6.73. The number of amides is 2. The number of carboxylic acid groups (broad SMARTS) is 1. The molecule has 0 spiro atoms. The van der Waals surface area contributed by atoms with Gasteiger partial charge in [0.2, 0.25) is 0 Å². The number of para-hydroxylation sites is 1. The smallest absolute Gasteiger partial charge is 0.319 e. The maximum absolute atomic E-state index is 12.0. The highest BCUT2D eigenvalue weighted by molar-refractivity contribution is 6.39. The van der Waals surface area contributed by atoms with Gasteiger partial charge >= 0.3 is 12.0 Å². The predicted octanol–water partition coefficient (Wildman–Crippen LogP) is 3.76. The number of rotatable bonds is 3. The molecule has 1 aliphatic carbocycles. The Morgan fingerprint density at radius 3 is 2.38 bits per heavy atom. The number of nitrogens with one attached hydrogen (secondary N) is 2. The van der Waals surface area contributed by atoms with Gasteiger partial charge in [0.25, 0.3) is 0 Å². The molecule has 0 radical (unpaired) electrons. The molecular weight excluding hydrogens is 315 g/mol. The van der Waals surface area contributed by atoms with Crippen LogP contribution in [0.3, 0.4) is 0 Å².